The number of hydrogen-bond donors (Lipinski definition) is 1. The van der Waals surface area contributed by atoms with Crippen LogP contribution in [0.3, 0.4) is 0 Å². The molecule has 0 spiro atoms. The Morgan fingerprint density at radius 1 is 1.07 bits per heavy atom. The summed E-state index contributed by atoms with van der Waals surface area (Å²) in [6.45, 7) is 3.76. The van der Waals surface area contributed by atoms with Crippen LogP contribution < -0.4 is 0 Å². The van der Waals surface area contributed by atoms with Crippen molar-refractivity contribution in [2.75, 3.05) is 13.2 Å². The molecule has 1 N–H and O–H groups in total. The van der Waals surface area contributed by atoms with E-state index < -0.39 is 24.9 Å². The summed E-state index contributed by atoms with van der Waals surface area (Å²) in [4.78, 5) is 64.7. The molecule has 0 bridgehead atoms. The summed E-state index contributed by atoms with van der Waals surface area (Å²) in [5.74, 6) is -2.74. The lowest BCUT2D eigenvalue weighted by molar-refractivity contribution is -0.152. The van der Waals surface area contributed by atoms with Crippen molar-refractivity contribution in [1.82, 2.24) is 9.88 Å². The third-order valence-electron chi connectivity index (χ3n) is 5.65. The summed E-state index contributed by atoms with van der Waals surface area (Å²) < 4.78 is 5.00. The number of aromatic nitrogens is 1. The zero-order valence-corrected chi connectivity index (χ0v) is 16.3. The monoisotopic (exact) mass is 388 g/mol. The zero-order chi connectivity index (χ0) is 20.6. The number of amides is 2. The fourth-order valence-corrected chi connectivity index (χ4v) is 4.34. The smallest absolute Gasteiger partial charge is 0.326 e. The predicted octanol–water partition coefficient (Wildman–Crippen LogP) is 1.74. The number of likely N-dealkylation sites (tertiary alicyclic amines) is 1. The Kier molecular flexibility index (Phi) is 5.49. The highest BCUT2D eigenvalue weighted by molar-refractivity contribution is 6.07. The van der Waals surface area contributed by atoms with E-state index in [9.17, 15) is 24.0 Å². The van der Waals surface area contributed by atoms with Gasteiger partial charge >= 0.3 is 5.97 Å². The Hall–Kier alpha value is -2.77. The summed E-state index contributed by atoms with van der Waals surface area (Å²) in [5.41, 5.74) is 1.76. The van der Waals surface area contributed by atoms with Gasteiger partial charge in [0.15, 0.2) is 12.4 Å². The average molecular weight is 388 g/mol. The van der Waals surface area contributed by atoms with Crippen LogP contribution >= 0.6 is 0 Å². The predicted molar refractivity (Wildman–Crippen MR) is 97.7 cm³/mol. The molecule has 0 aromatic carbocycles. The summed E-state index contributed by atoms with van der Waals surface area (Å²) >= 11 is 0. The number of fused-ring (bicyclic) bond motifs is 1. The highest BCUT2D eigenvalue weighted by Crippen LogP contribution is 2.37. The van der Waals surface area contributed by atoms with Gasteiger partial charge in [-0.25, -0.2) is 0 Å². The molecule has 1 aliphatic heterocycles. The fraction of sp³-hybridized carbons (Fsp3) is 0.550. The lowest BCUT2D eigenvalue weighted by Gasteiger charge is -2.19. The number of ketones is 2. The molecule has 0 unspecified atom stereocenters. The first kappa shape index (κ1) is 20.0. The molecule has 2 heterocycles. The number of aryl methyl sites for hydroxylation is 1. The first-order valence-corrected chi connectivity index (χ1v) is 9.46. The number of esters is 1. The van der Waals surface area contributed by atoms with Gasteiger partial charge in [-0.05, 0) is 39.2 Å². The number of rotatable bonds is 6. The number of nitrogens with one attached hydrogen (secondary N) is 1. The molecular formula is C20H24N2O6. The Morgan fingerprint density at radius 3 is 2.14 bits per heavy atom. The van der Waals surface area contributed by atoms with Crippen molar-refractivity contribution in [1.29, 1.82) is 0 Å². The lowest BCUT2D eigenvalue weighted by Crippen LogP contribution is -2.37. The number of ether oxygens (including phenoxy) is 1. The Labute approximate surface area is 162 Å². The van der Waals surface area contributed by atoms with Gasteiger partial charge in [0.2, 0.25) is 17.6 Å². The number of aromatic amines is 1. The minimum absolute atomic E-state index is 0.158. The second kappa shape index (κ2) is 7.69. The quantitative estimate of drug-likeness (QED) is 0.451. The maximum atomic E-state index is 12.4. The Balaban J connectivity index is 1.60. The van der Waals surface area contributed by atoms with Crippen LogP contribution in [0.2, 0.25) is 0 Å². The Bertz CT molecular complexity index is 844. The molecule has 8 heteroatoms. The molecule has 1 aliphatic carbocycles. The van der Waals surface area contributed by atoms with Gasteiger partial charge in [-0.3, -0.25) is 28.9 Å². The van der Waals surface area contributed by atoms with Crippen LogP contribution in [0.1, 0.15) is 64.7 Å². The van der Waals surface area contributed by atoms with Crippen LogP contribution in [0.15, 0.2) is 0 Å². The molecule has 1 saturated heterocycles. The van der Waals surface area contributed by atoms with Gasteiger partial charge in [0, 0.05) is 11.3 Å². The van der Waals surface area contributed by atoms with Crippen molar-refractivity contribution in [2.45, 2.75) is 46.5 Å². The van der Waals surface area contributed by atoms with Crippen LogP contribution in [0.5, 0.6) is 0 Å². The topological polar surface area (TPSA) is 114 Å². The highest BCUT2D eigenvalue weighted by Gasteiger charge is 2.48. The molecule has 150 valence electrons. The van der Waals surface area contributed by atoms with Crippen molar-refractivity contribution in [2.24, 2.45) is 11.8 Å². The molecule has 2 atom stereocenters. The van der Waals surface area contributed by atoms with Gasteiger partial charge in [0.05, 0.1) is 17.5 Å². The van der Waals surface area contributed by atoms with E-state index >= 15 is 0 Å². The SMILES string of the molecule is CC(=O)c1c(C)[nH]c(C(=O)COC(=O)CN2C(=O)[C@H]3CCCC[C@@H]3C2=O)c1C. The molecule has 2 fully saturated rings. The molecule has 3 rings (SSSR count). The van der Waals surface area contributed by atoms with Crippen LogP contribution in [-0.4, -0.2) is 52.4 Å². The molecule has 28 heavy (non-hydrogen) atoms. The molecule has 1 aromatic heterocycles. The van der Waals surface area contributed by atoms with Gasteiger partial charge in [-0.15, -0.1) is 0 Å². The third kappa shape index (κ3) is 3.50. The minimum Gasteiger partial charge on any atom is -0.456 e. The number of Topliss-reactive ketones (excluding diaryl/α,β-unsaturated/α-hetero) is 2. The number of imide groups is 1. The van der Waals surface area contributed by atoms with Gasteiger partial charge in [0.25, 0.3) is 0 Å². The number of nitrogens with zero attached hydrogens (tertiary/aromatic N) is 1. The first-order chi connectivity index (χ1) is 13.2. The van der Waals surface area contributed by atoms with E-state index in [1.165, 1.54) is 6.92 Å². The second-order valence-electron chi connectivity index (χ2n) is 7.53. The third-order valence-corrected chi connectivity index (χ3v) is 5.65. The molecule has 8 nitrogen and oxygen atoms in total. The van der Waals surface area contributed by atoms with Crippen LogP contribution in [0, 0.1) is 25.7 Å². The zero-order valence-electron chi connectivity index (χ0n) is 16.3. The Morgan fingerprint density at radius 2 is 1.64 bits per heavy atom. The molecule has 0 radical (unpaired) electrons. The summed E-state index contributed by atoms with van der Waals surface area (Å²) in [6.07, 6.45) is 3.15. The van der Waals surface area contributed by atoms with E-state index in [1.54, 1.807) is 13.8 Å². The lowest BCUT2D eigenvalue weighted by atomic mass is 9.81. The van der Waals surface area contributed by atoms with Crippen molar-refractivity contribution in [3.05, 3.63) is 22.5 Å². The van der Waals surface area contributed by atoms with Crippen molar-refractivity contribution in [3.8, 4) is 0 Å². The average Bonchev–Trinajstić information content (AvgIpc) is 3.08. The molecule has 2 aliphatic rings. The van der Waals surface area contributed by atoms with Gasteiger partial charge in [-0.1, -0.05) is 12.8 Å². The van der Waals surface area contributed by atoms with Crippen LogP contribution in [0.25, 0.3) is 0 Å². The normalized spacial score (nSPS) is 21.6. The number of hydrogen-bond acceptors (Lipinski definition) is 6. The maximum Gasteiger partial charge on any atom is 0.326 e. The number of H-pyrrole nitrogens is 1. The van der Waals surface area contributed by atoms with E-state index in [0.717, 1.165) is 17.7 Å². The van der Waals surface area contributed by atoms with E-state index in [4.69, 9.17) is 4.74 Å². The van der Waals surface area contributed by atoms with Crippen molar-refractivity contribution in [3.63, 3.8) is 0 Å². The van der Waals surface area contributed by atoms with Gasteiger partial charge < -0.3 is 9.72 Å². The van der Waals surface area contributed by atoms with Gasteiger partial charge in [0.1, 0.15) is 6.54 Å². The van der Waals surface area contributed by atoms with Crippen molar-refractivity contribution < 1.29 is 28.7 Å². The molecular weight excluding hydrogens is 364 g/mol. The van der Waals surface area contributed by atoms with Crippen molar-refractivity contribution >= 4 is 29.4 Å². The van der Waals surface area contributed by atoms with E-state index in [-0.39, 0.29) is 35.1 Å². The first-order valence-electron chi connectivity index (χ1n) is 9.46. The van der Waals surface area contributed by atoms with E-state index in [0.29, 0.717) is 29.7 Å². The standard InChI is InChI=1S/C20H24N2O6/c1-10-17(12(3)23)11(2)21-18(10)15(24)9-28-16(25)8-22-19(26)13-6-4-5-7-14(13)20(22)27/h13-14,21H,4-9H2,1-3H3/t13-,14-/m0/s1. The minimum atomic E-state index is -0.804. The number of carbonyl (C=O) groups is 5. The molecule has 1 saturated carbocycles. The highest BCUT2D eigenvalue weighted by atomic mass is 16.5. The fourth-order valence-electron chi connectivity index (χ4n) is 4.34. The molecule has 2 amide bonds. The van der Waals surface area contributed by atoms with E-state index in [1.807, 2.05) is 0 Å². The summed E-state index contributed by atoms with van der Waals surface area (Å²) in [5, 5.41) is 0. The second-order valence-corrected chi connectivity index (χ2v) is 7.53. The van der Waals surface area contributed by atoms with Gasteiger partial charge in [-0.2, -0.15) is 0 Å². The number of carbonyl (C=O) groups excluding carboxylic acids is 5. The van der Waals surface area contributed by atoms with Crippen LogP contribution in [-0.2, 0) is 19.1 Å². The summed E-state index contributed by atoms with van der Waals surface area (Å²) in [6, 6.07) is 0. The molecule has 1 aromatic rings. The van der Waals surface area contributed by atoms with E-state index in [2.05, 4.69) is 4.98 Å². The van der Waals surface area contributed by atoms with Crippen LogP contribution in [0.4, 0.5) is 0 Å². The maximum absolute atomic E-state index is 12.4. The summed E-state index contributed by atoms with van der Waals surface area (Å²) in [7, 11) is 0. The largest absolute Gasteiger partial charge is 0.456 e.